The Morgan fingerprint density at radius 1 is 1.78 bits per heavy atom. The highest BCUT2D eigenvalue weighted by Gasteiger charge is 1.73. The minimum Gasteiger partial charge on any atom is -0.397 e. The monoisotopic (exact) mass is 128 g/mol. The van der Waals surface area contributed by atoms with Gasteiger partial charge >= 0.3 is 0 Å². The maximum Gasteiger partial charge on any atom is 0.102 e. The summed E-state index contributed by atoms with van der Waals surface area (Å²) in [5.41, 5.74) is 0. The van der Waals surface area contributed by atoms with Crippen molar-refractivity contribution in [1.82, 2.24) is 9.97 Å². The molecular weight excluding hydrogens is 116 g/mol. The van der Waals surface area contributed by atoms with Crippen LogP contribution in [0.2, 0.25) is 0 Å². The van der Waals surface area contributed by atoms with Crippen molar-refractivity contribution < 1.29 is 5.11 Å². The number of rotatable bonds is 0. The molecule has 2 N–H and O–H groups in total. The quantitative estimate of drug-likeness (QED) is 0.540. The Kier molecular flexibility index (Phi) is 4.82. The average Bonchev–Trinajstić information content (AvgIpc) is 2.20. The summed E-state index contributed by atoms with van der Waals surface area (Å²) in [6.45, 7) is 3.85. The molecule has 0 amide bonds. The molecule has 0 aliphatic heterocycles. The van der Waals surface area contributed by atoms with Crippen molar-refractivity contribution in [3.63, 3.8) is 0 Å². The number of hydrogen-bond acceptors (Lipinski definition) is 2. The molecule has 1 rings (SSSR count). The van der Waals surface area contributed by atoms with Crippen LogP contribution in [0, 0.1) is 6.92 Å². The van der Waals surface area contributed by atoms with E-state index in [1.54, 1.807) is 19.3 Å². The molecule has 0 spiro atoms. The van der Waals surface area contributed by atoms with Crippen LogP contribution in [0.15, 0.2) is 12.4 Å². The number of nitrogens with one attached hydrogen (secondary N) is 1. The molecule has 0 saturated carbocycles. The van der Waals surface area contributed by atoms with Crippen LogP contribution in [0.3, 0.4) is 0 Å². The lowest BCUT2D eigenvalue weighted by Crippen LogP contribution is -1.66. The van der Waals surface area contributed by atoms with Crippen molar-refractivity contribution in [1.29, 1.82) is 0 Å². The van der Waals surface area contributed by atoms with Gasteiger partial charge in [-0.25, -0.2) is 4.98 Å². The molecule has 3 nitrogen and oxygen atoms in total. The predicted octanol–water partition coefficient (Wildman–Crippen LogP) is 0.717. The summed E-state index contributed by atoms with van der Waals surface area (Å²) in [6.07, 6.45) is 3.53. The topological polar surface area (TPSA) is 48.9 Å². The highest BCUT2D eigenvalue weighted by molar-refractivity contribution is 4.80. The summed E-state index contributed by atoms with van der Waals surface area (Å²) in [4.78, 5) is 6.75. The fourth-order valence-electron chi connectivity index (χ4n) is 0.344. The van der Waals surface area contributed by atoms with Crippen molar-refractivity contribution in [2.75, 3.05) is 6.61 Å². The normalized spacial score (nSPS) is 7.89. The molecule has 0 radical (unpaired) electrons. The van der Waals surface area contributed by atoms with Gasteiger partial charge in [-0.15, -0.1) is 0 Å². The van der Waals surface area contributed by atoms with E-state index >= 15 is 0 Å². The first-order valence-electron chi connectivity index (χ1n) is 2.88. The van der Waals surface area contributed by atoms with E-state index < -0.39 is 0 Å². The van der Waals surface area contributed by atoms with E-state index in [0.717, 1.165) is 5.82 Å². The van der Waals surface area contributed by atoms with Crippen molar-refractivity contribution in [2.45, 2.75) is 13.8 Å². The zero-order valence-corrected chi connectivity index (χ0v) is 5.76. The van der Waals surface area contributed by atoms with Gasteiger partial charge < -0.3 is 10.1 Å². The summed E-state index contributed by atoms with van der Waals surface area (Å²) >= 11 is 0. The van der Waals surface area contributed by atoms with Crippen molar-refractivity contribution >= 4 is 0 Å². The number of aliphatic hydroxyl groups excluding tert-OH is 1. The lowest BCUT2D eigenvalue weighted by Gasteiger charge is -1.68. The van der Waals surface area contributed by atoms with E-state index in [2.05, 4.69) is 9.97 Å². The van der Waals surface area contributed by atoms with E-state index in [1.807, 2.05) is 6.92 Å². The third-order valence-electron chi connectivity index (χ3n) is 0.635. The fourth-order valence-corrected chi connectivity index (χ4v) is 0.344. The van der Waals surface area contributed by atoms with Crippen LogP contribution in [-0.2, 0) is 0 Å². The zero-order valence-electron chi connectivity index (χ0n) is 5.76. The van der Waals surface area contributed by atoms with Gasteiger partial charge in [-0.05, 0) is 13.8 Å². The second-order valence-corrected chi connectivity index (χ2v) is 1.49. The lowest BCUT2D eigenvalue weighted by molar-refractivity contribution is 0.318. The minimum atomic E-state index is 0.250. The van der Waals surface area contributed by atoms with Gasteiger partial charge in [0.1, 0.15) is 5.82 Å². The van der Waals surface area contributed by atoms with Crippen LogP contribution in [0.25, 0.3) is 0 Å². The molecule has 9 heavy (non-hydrogen) atoms. The standard InChI is InChI=1S/C4H6N2.C2H6O/c1-4-5-2-3-6-4;1-2-3/h2-3H,1H3,(H,5,6);3H,2H2,1H3. The molecule has 0 unspecified atom stereocenters. The van der Waals surface area contributed by atoms with Crippen LogP contribution >= 0.6 is 0 Å². The second-order valence-electron chi connectivity index (χ2n) is 1.49. The molecule has 3 heteroatoms. The number of imidazole rings is 1. The molecule has 0 saturated heterocycles. The van der Waals surface area contributed by atoms with Gasteiger partial charge in [-0.2, -0.15) is 0 Å². The highest BCUT2D eigenvalue weighted by Crippen LogP contribution is 1.78. The van der Waals surface area contributed by atoms with Gasteiger partial charge in [-0.3, -0.25) is 0 Å². The number of nitrogens with zero attached hydrogens (tertiary/aromatic N) is 1. The molecule has 0 bridgehead atoms. The Morgan fingerprint density at radius 2 is 2.33 bits per heavy atom. The SMILES string of the molecule is CCO.Cc1ncc[nH]1. The highest BCUT2D eigenvalue weighted by atomic mass is 16.2. The zero-order chi connectivity index (χ0) is 7.11. The van der Waals surface area contributed by atoms with Gasteiger partial charge in [0.05, 0.1) is 0 Å². The summed E-state index contributed by atoms with van der Waals surface area (Å²) < 4.78 is 0. The van der Waals surface area contributed by atoms with Crippen LogP contribution in [0.1, 0.15) is 12.7 Å². The Balaban J connectivity index is 0.000000187. The molecule has 0 aliphatic rings. The Bertz CT molecular complexity index is 126. The summed E-state index contributed by atoms with van der Waals surface area (Å²) in [5, 5.41) is 7.57. The number of aromatic amines is 1. The van der Waals surface area contributed by atoms with Gasteiger partial charge in [0.25, 0.3) is 0 Å². The molecule has 1 aromatic heterocycles. The molecule has 1 heterocycles. The van der Waals surface area contributed by atoms with Crippen molar-refractivity contribution in [2.24, 2.45) is 0 Å². The maximum absolute atomic E-state index is 7.57. The molecule has 0 aromatic carbocycles. The Hall–Kier alpha value is -0.830. The molecule has 52 valence electrons. The van der Waals surface area contributed by atoms with E-state index in [0.29, 0.717) is 0 Å². The number of aliphatic hydroxyl groups is 1. The van der Waals surface area contributed by atoms with Gasteiger partial charge in [0.2, 0.25) is 0 Å². The second kappa shape index (κ2) is 5.31. The largest absolute Gasteiger partial charge is 0.397 e. The average molecular weight is 128 g/mol. The minimum absolute atomic E-state index is 0.250. The van der Waals surface area contributed by atoms with Crippen molar-refractivity contribution in [3.05, 3.63) is 18.2 Å². The van der Waals surface area contributed by atoms with E-state index in [4.69, 9.17) is 5.11 Å². The molecule has 1 aromatic rings. The molecule has 0 aliphatic carbocycles. The van der Waals surface area contributed by atoms with Gasteiger partial charge in [0.15, 0.2) is 0 Å². The summed E-state index contributed by atoms with van der Waals surface area (Å²) in [5.74, 6) is 0.968. The van der Waals surface area contributed by atoms with E-state index in [9.17, 15) is 0 Å². The van der Waals surface area contributed by atoms with Crippen LogP contribution in [0.5, 0.6) is 0 Å². The predicted molar refractivity (Wildman–Crippen MR) is 36.1 cm³/mol. The van der Waals surface area contributed by atoms with E-state index in [1.165, 1.54) is 0 Å². The van der Waals surface area contributed by atoms with Crippen LogP contribution < -0.4 is 0 Å². The van der Waals surface area contributed by atoms with Crippen molar-refractivity contribution in [3.8, 4) is 0 Å². The number of hydrogen-bond donors (Lipinski definition) is 2. The van der Waals surface area contributed by atoms with Gasteiger partial charge in [0, 0.05) is 19.0 Å². The van der Waals surface area contributed by atoms with Crippen LogP contribution in [0.4, 0.5) is 0 Å². The third kappa shape index (κ3) is 5.03. The number of aromatic nitrogens is 2. The van der Waals surface area contributed by atoms with Crippen LogP contribution in [-0.4, -0.2) is 21.7 Å². The first-order valence-corrected chi connectivity index (χ1v) is 2.88. The summed E-state index contributed by atoms with van der Waals surface area (Å²) in [6, 6.07) is 0. The summed E-state index contributed by atoms with van der Waals surface area (Å²) in [7, 11) is 0. The van der Waals surface area contributed by atoms with Gasteiger partial charge in [-0.1, -0.05) is 0 Å². The number of H-pyrrole nitrogens is 1. The first-order chi connectivity index (χ1) is 4.31. The smallest absolute Gasteiger partial charge is 0.102 e. The fraction of sp³-hybridized carbons (Fsp3) is 0.500. The maximum atomic E-state index is 7.57. The molecule has 0 fully saturated rings. The Labute approximate surface area is 54.8 Å². The number of aryl methyl sites for hydroxylation is 1. The lowest BCUT2D eigenvalue weighted by atomic mass is 10.8. The third-order valence-corrected chi connectivity index (χ3v) is 0.635. The Morgan fingerprint density at radius 3 is 2.44 bits per heavy atom. The molecule has 0 atom stereocenters. The molecular formula is C6H12N2O. The van der Waals surface area contributed by atoms with E-state index in [-0.39, 0.29) is 6.61 Å². The first kappa shape index (κ1) is 8.17.